The van der Waals surface area contributed by atoms with Gasteiger partial charge in [0, 0.05) is 49.3 Å². The normalized spacial score (nSPS) is 19.7. The van der Waals surface area contributed by atoms with Crippen LogP contribution in [0.2, 0.25) is 0 Å². The summed E-state index contributed by atoms with van der Waals surface area (Å²) in [5, 5.41) is 8.30. The molecule has 0 spiro atoms. The number of fused-ring (bicyclic) bond motifs is 1. The van der Waals surface area contributed by atoms with Crippen LogP contribution in [0.1, 0.15) is 64.6 Å². The first-order valence-corrected chi connectivity index (χ1v) is 13.2. The van der Waals surface area contributed by atoms with Gasteiger partial charge >= 0.3 is 0 Å². The maximum Gasteiger partial charge on any atom is 0.151 e. The number of nitrogen functional groups attached to an aromatic ring is 1. The topological polar surface area (TPSA) is 107 Å². The molecule has 188 valence electrons. The number of piperidine rings is 1. The van der Waals surface area contributed by atoms with E-state index in [0.29, 0.717) is 30.0 Å². The fraction of sp³-hybridized carbons (Fsp3) is 0.615. The molecule has 35 heavy (non-hydrogen) atoms. The largest absolute Gasteiger partial charge is 0.382 e. The zero-order valence-corrected chi connectivity index (χ0v) is 21.2. The van der Waals surface area contributed by atoms with Crippen molar-refractivity contribution < 1.29 is 4.74 Å². The minimum atomic E-state index is 0.253. The number of rotatable bonds is 8. The van der Waals surface area contributed by atoms with Gasteiger partial charge in [0.15, 0.2) is 5.82 Å². The molecule has 9 heteroatoms. The van der Waals surface area contributed by atoms with E-state index >= 15 is 0 Å². The molecule has 1 atom stereocenters. The van der Waals surface area contributed by atoms with Crippen molar-refractivity contribution in [3.8, 4) is 11.1 Å². The van der Waals surface area contributed by atoms with E-state index in [2.05, 4.69) is 46.9 Å². The summed E-state index contributed by atoms with van der Waals surface area (Å²) in [6.45, 7) is 10.4. The molecule has 2 aliphatic rings. The van der Waals surface area contributed by atoms with Crippen LogP contribution in [0.5, 0.6) is 0 Å². The van der Waals surface area contributed by atoms with Crippen molar-refractivity contribution in [1.29, 1.82) is 0 Å². The lowest BCUT2D eigenvalue weighted by Crippen LogP contribution is -2.41. The lowest BCUT2D eigenvalue weighted by Gasteiger charge is -2.37. The molecule has 5 heterocycles. The summed E-state index contributed by atoms with van der Waals surface area (Å²) >= 11 is 0. The molecule has 0 amide bonds. The number of nitrogens with one attached hydrogen (secondary N) is 1. The SMILES string of the molecule is CCc1nc2c(N)ncc(-c3cnn(C4CCN(C(CC)CC)CC4)c3)c2nc1N[C@H]1CCOC1. The van der Waals surface area contributed by atoms with E-state index < -0.39 is 0 Å². The summed E-state index contributed by atoms with van der Waals surface area (Å²) in [5.74, 6) is 1.21. The second-order valence-corrected chi connectivity index (χ2v) is 9.78. The predicted octanol–water partition coefficient (Wildman–Crippen LogP) is 4.06. The van der Waals surface area contributed by atoms with Gasteiger partial charge in [0.25, 0.3) is 0 Å². The van der Waals surface area contributed by atoms with Gasteiger partial charge in [-0.15, -0.1) is 0 Å². The molecule has 2 saturated heterocycles. The first-order chi connectivity index (χ1) is 17.1. The summed E-state index contributed by atoms with van der Waals surface area (Å²) < 4.78 is 7.67. The number of hydrogen-bond acceptors (Lipinski definition) is 8. The average Bonchev–Trinajstić information content (AvgIpc) is 3.58. The van der Waals surface area contributed by atoms with Crippen molar-refractivity contribution in [2.24, 2.45) is 0 Å². The Balaban J connectivity index is 1.42. The van der Waals surface area contributed by atoms with Crippen LogP contribution in [-0.4, -0.2) is 68.0 Å². The number of nitrogens with two attached hydrogens (primary N) is 1. The number of nitrogens with zero attached hydrogens (tertiary/aromatic N) is 6. The standard InChI is InChI=1S/C26H38N8O/c1-4-19(5-2)33-10-7-20(8-11-33)34-15-17(13-29-34)21-14-28-25(27)24-23(21)32-26(22(6-3)31-24)30-18-9-12-35-16-18/h13-15,18-20H,4-12,16H2,1-3H3,(H2,27,28)(H,30,32)/t18-/m0/s1. The summed E-state index contributed by atoms with van der Waals surface area (Å²) in [4.78, 5) is 17.0. The van der Waals surface area contributed by atoms with Gasteiger partial charge in [-0.25, -0.2) is 15.0 Å². The Morgan fingerprint density at radius 2 is 1.89 bits per heavy atom. The first-order valence-electron chi connectivity index (χ1n) is 13.2. The molecule has 9 nitrogen and oxygen atoms in total. The molecule has 0 bridgehead atoms. The van der Waals surface area contributed by atoms with Crippen molar-refractivity contribution in [3.05, 3.63) is 24.3 Å². The Labute approximate surface area is 207 Å². The van der Waals surface area contributed by atoms with Gasteiger partial charge in [0.05, 0.1) is 30.6 Å². The van der Waals surface area contributed by atoms with Crippen molar-refractivity contribution >= 4 is 22.7 Å². The third-order valence-corrected chi connectivity index (χ3v) is 7.65. The molecule has 3 aromatic rings. The van der Waals surface area contributed by atoms with Crippen LogP contribution >= 0.6 is 0 Å². The molecule has 0 radical (unpaired) electrons. The highest BCUT2D eigenvalue weighted by Crippen LogP contribution is 2.32. The molecule has 2 fully saturated rings. The lowest BCUT2D eigenvalue weighted by molar-refractivity contribution is 0.124. The Kier molecular flexibility index (Phi) is 7.15. The maximum absolute atomic E-state index is 6.24. The fourth-order valence-electron chi connectivity index (χ4n) is 5.51. The highest BCUT2D eigenvalue weighted by atomic mass is 16.5. The Bertz CT molecular complexity index is 1140. The highest BCUT2D eigenvalue weighted by Gasteiger charge is 2.25. The second kappa shape index (κ2) is 10.5. The van der Waals surface area contributed by atoms with Gasteiger partial charge in [-0.1, -0.05) is 20.8 Å². The quantitative estimate of drug-likeness (QED) is 0.499. The van der Waals surface area contributed by atoms with Crippen LogP contribution in [0.15, 0.2) is 18.6 Å². The number of aryl methyl sites for hydroxylation is 1. The minimum Gasteiger partial charge on any atom is -0.382 e. The van der Waals surface area contributed by atoms with Crippen molar-refractivity contribution in [2.45, 2.75) is 77.4 Å². The van der Waals surface area contributed by atoms with Crippen molar-refractivity contribution in [3.63, 3.8) is 0 Å². The summed E-state index contributed by atoms with van der Waals surface area (Å²) in [7, 11) is 0. The number of likely N-dealkylation sites (tertiary alicyclic amines) is 1. The molecule has 0 saturated carbocycles. The molecular formula is C26H38N8O. The molecule has 0 unspecified atom stereocenters. The van der Waals surface area contributed by atoms with E-state index in [1.54, 1.807) is 6.20 Å². The highest BCUT2D eigenvalue weighted by molar-refractivity contribution is 5.96. The average molecular weight is 479 g/mol. The number of anilines is 2. The van der Waals surface area contributed by atoms with Gasteiger partial charge in [0.1, 0.15) is 16.9 Å². The van der Waals surface area contributed by atoms with Crippen LogP contribution in [-0.2, 0) is 11.2 Å². The summed E-state index contributed by atoms with van der Waals surface area (Å²) in [5.41, 5.74) is 10.5. The van der Waals surface area contributed by atoms with Crippen LogP contribution < -0.4 is 11.1 Å². The Morgan fingerprint density at radius 3 is 2.57 bits per heavy atom. The number of pyridine rings is 1. The minimum absolute atomic E-state index is 0.253. The maximum atomic E-state index is 6.24. The van der Waals surface area contributed by atoms with E-state index in [4.69, 9.17) is 25.5 Å². The van der Waals surface area contributed by atoms with Gasteiger partial charge in [-0.2, -0.15) is 5.10 Å². The zero-order chi connectivity index (χ0) is 24.4. The third kappa shape index (κ3) is 4.84. The van der Waals surface area contributed by atoms with E-state index in [9.17, 15) is 0 Å². The van der Waals surface area contributed by atoms with Crippen LogP contribution in [0, 0.1) is 0 Å². The smallest absolute Gasteiger partial charge is 0.151 e. The van der Waals surface area contributed by atoms with Gasteiger partial charge in [-0.05, 0) is 38.5 Å². The predicted molar refractivity (Wildman–Crippen MR) is 139 cm³/mol. The molecule has 3 N–H and O–H groups in total. The Hall–Kier alpha value is -2.78. The molecule has 0 aliphatic carbocycles. The fourth-order valence-corrected chi connectivity index (χ4v) is 5.51. The van der Waals surface area contributed by atoms with E-state index in [0.717, 1.165) is 73.5 Å². The van der Waals surface area contributed by atoms with Crippen molar-refractivity contribution in [1.82, 2.24) is 29.6 Å². The summed E-state index contributed by atoms with van der Waals surface area (Å²) in [6.07, 6.45) is 12.3. The molecular weight excluding hydrogens is 440 g/mol. The van der Waals surface area contributed by atoms with E-state index in [-0.39, 0.29) is 6.04 Å². The third-order valence-electron chi connectivity index (χ3n) is 7.65. The molecule has 5 rings (SSSR count). The Morgan fingerprint density at radius 1 is 1.09 bits per heavy atom. The lowest BCUT2D eigenvalue weighted by atomic mass is 10.0. The van der Waals surface area contributed by atoms with Crippen LogP contribution in [0.25, 0.3) is 22.2 Å². The second-order valence-electron chi connectivity index (χ2n) is 9.78. The van der Waals surface area contributed by atoms with E-state index in [1.165, 1.54) is 12.8 Å². The monoisotopic (exact) mass is 478 g/mol. The van der Waals surface area contributed by atoms with Crippen molar-refractivity contribution in [2.75, 3.05) is 37.4 Å². The molecule has 2 aliphatic heterocycles. The van der Waals surface area contributed by atoms with Gasteiger partial charge < -0.3 is 20.7 Å². The number of aromatic nitrogens is 5. The van der Waals surface area contributed by atoms with E-state index in [1.807, 2.05) is 6.20 Å². The van der Waals surface area contributed by atoms with Gasteiger partial charge in [0.2, 0.25) is 0 Å². The molecule has 0 aromatic carbocycles. The van der Waals surface area contributed by atoms with Crippen LogP contribution in [0.4, 0.5) is 11.6 Å². The van der Waals surface area contributed by atoms with Crippen LogP contribution in [0.3, 0.4) is 0 Å². The first kappa shape index (κ1) is 23.9. The molecule has 3 aromatic heterocycles. The number of hydrogen-bond donors (Lipinski definition) is 2. The summed E-state index contributed by atoms with van der Waals surface area (Å²) in [6, 6.07) is 1.37. The number of ether oxygens (including phenoxy) is 1. The van der Waals surface area contributed by atoms with Gasteiger partial charge in [-0.3, -0.25) is 4.68 Å². The zero-order valence-electron chi connectivity index (χ0n) is 21.2.